The highest BCUT2D eigenvalue weighted by Gasteiger charge is 2.30. The Labute approximate surface area is 133 Å². The molecule has 0 saturated carbocycles. The molecule has 0 fully saturated rings. The number of aliphatic imine (C=N–C) groups is 1. The largest absolute Gasteiger partial charge is 0.416 e. The van der Waals surface area contributed by atoms with Crippen molar-refractivity contribution >= 4 is 11.6 Å². The number of nitrogens with zero attached hydrogens (tertiary/aromatic N) is 1. The second-order valence-electron chi connectivity index (χ2n) is 5.32. The summed E-state index contributed by atoms with van der Waals surface area (Å²) in [6, 6.07) is 10.8. The third-order valence-corrected chi connectivity index (χ3v) is 3.47. The van der Waals surface area contributed by atoms with Crippen LogP contribution in [0.2, 0.25) is 0 Å². The molecule has 122 valence electrons. The normalized spacial score (nSPS) is 12.3. The maximum atomic E-state index is 12.7. The topological polar surface area (TPSA) is 50.4 Å². The summed E-state index contributed by atoms with van der Waals surface area (Å²) in [6.07, 6.45) is -4.36. The highest BCUT2D eigenvalue weighted by Crippen LogP contribution is 2.29. The van der Waals surface area contributed by atoms with Gasteiger partial charge in [-0.15, -0.1) is 0 Å². The molecule has 0 bridgehead atoms. The van der Waals surface area contributed by atoms with Gasteiger partial charge in [-0.25, -0.2) is 4.99 Å². The lowest BCUT2D eigenvalue weighted by molar-refractivity contribution is -0.137. The van der Waals surface area contributed by atoms with Crippen molar-refractivity contribution in [1.29, 1.82) is 0 Å². The Hall–Kier alpha value is -2.50. The van der Waals surface area contributed by atoms with Crippen molar-refractivity contribution in [3.05, 3.63) is 64.7 Å². The predicted octanol–water partition coefficient (Wildman–Crippen LogP) is 4.25. The summed E-state index contributed by atoms with van der Waals surface area (Å²) in [4.78, 5) is 4.08. The maximum absolute atomic E-state index is 12.7. The number of hydrogen-bond donors (Lipinski definition) is 2. The molecule has 0 amide bonds. The quantitative estimate of drug-likeness (QED) is 0.656. The van der Waals surface area contributed by atoms with Crippen LogP contribution in [0.5, 0.6) is 0 Å². The van der Waals surface area contributed by atoms with Crippen molar-refractivity contribution in [2.45, 2.75) is 26.6 Å². The van der Waals surface area contributed by atoms with Crippen LogP contribution in [-0.4, -0.2) is 5.96 Å². The average Bonchev–Trinajstić information content (AvgIpc) is 2.48. The third-order valence-electron chi connectivity index (χ3n) is 3.47. The molecule has 0 saturated heterocycles. The van der Waals surface area contributed by atoms with Crippen molar-refractivity contribution in [3.8, 4) is 0 Å². The second kappa shape index (κ2) is 6.73. The average molecular weight is 321 g/mol. The minimum absolute atomic E-state index is 0.0770. The molecule has 0 radical (unpaired) electrons. The molecule has 3 N–H and O–H groups in total. The zero-order valence-electron chi connectivity index (χ0n) is 12.9. The van der Waals surface area contributed by atoms with E-state index in [4.69, 9.17) is 5.73 Å². The molecule has 0 aliphatic heterocycles. The first-order valence-electron chi connectivity index (χ1n) is 7.06. The molecule has 3 nitrogen and oxygen atoms in total. The Balaban J connectivity index is 2.06. The van der Waals surface area contributed by atoms with Gasteiger partial charge in [-0.1, -0.05) is 18.2 Å². The van der Waals surface area contributed by atoms with Gasteiger partial charge in [0.2, 0.25) is 0 Å². The Bertz CT molecular complexity index is 721. The Morgan fingerprint density at radius 2 is 1.83 bits per heavy atom. The van der Waals surface area contributed by atoms with E-state index in [0.717, 1.165) is 28.9 Å². The second-order valence-corrected chi connectivity index (χ2v) is 5.32. The van der Waals surface area contributed by atoms with Crippen LogP contribution in [0.1, 0.15) is 22.3 Å². The lowest BCUT2D eigenvalue weighted by Crippen LogP contribution is -2.22. The summed E-state index contributed by atoms with van der Waals surface area (Å²) < 4.78 is 38.0. The smallest absolute Gasteiger partial charge is 0.370 e. The van der Waals surface area contributed by atoms with E-state index in [-0.39, 0.29) is 12.5 Å². The molecule has 0 aliphatic rings. The fourth-order valence-corrected chi connectivity index (χ4v) is 2.03. The summed E-state index contributed by atoms with van der Waals surface area (Å²) in [5.41, 5.74) is 8.61. The number of hydrogen-bond acceptors (Lipinski definition) is 1. The number of aryl methyl sites for hydroxylation is 2. The van der Waals surface area contributed by atoms with Crippen LogP contribution in [-0.2, 0) is 12.7 Å². The molecule has 2 aromatic carbocycles. The van der Waals surface area contributed by atoms with Gasteiger partial charge in [0.1, 0.15) is 0 Å². The van der Waals surface area contributed by atoms with Crippen molar-refractivity contribution in [2.75, 3.05) is 5.32 Å². The fraction of sp³-hybridized carbons (Fsp3) is 0.235. The van der Waals surface area contributed by atoms with Gasteiger partial charge < -0.3 is 11.1 Å². The standard InChI is InChI=1S/C17H18F3N3/c1-11-6-7-15(8-12(11)2)23-16(21)22-10-13-4-3-5-14(9-13)17(18,19)20/h3-9H,10H2,1-2H3,(H3,21,22,23). The monoisotopic (exact) mass is 321 g/mol. The van der Waals surface area contributed by atoms with Gasteiger partial charge in [-0.2, -0.15) is 13.2 Å². The van der Waals surface area contributed by atoms with Gasteiger partial charge in [0.05, 0.1) is 12.1 Å². The Morgan fingerprint density at radius 1 is 1.09 bits per heavy atom. The molecule has 0 spiro atoms. The van der Waals surface area contributed by atoms with Gasteiger partial charge in [0, 0.05) is 5.69 Å². The molecule has 23 heavy (non-hydrogen) atoms. The maximum Gasteiger partial charge on any atom is 0.416 e. The van der Waals surface area contributed by atoms with E-state index < -0.39 is 11.7 Å². The molecule has 0 heterocycles. The third kappa shape index (κ3) is 4.74. The minimum Gasteiger partial charge on any atom is -0.370 e. The van der Waals surface area contributed by atoms with E-state index in [2.05, 4.69) is 10.3 Å². The van der Waals surface area contributed by atoms with Crippen molar-refractivity contribution in [1.82, 2.24) is 0 Å². The number of anilines is 1. The summed E-state index contributed by atoms with van der Waals surface area (Å²) in [7, 11) is 0. The molecule has 2 rings (SSSR count). The van der Waals surface area contributed by atoms with Crippen molar-refractivity contribution in [3.63, 3.8) is 0 Å². The number of rotatable bonds is 3. The SMILES string of the molecule is Cc1ccc(NC(N)=NCc2cccc(C(F)(F)F)c2)cc1C. The zero-order chi connectivity index (χ0) is 17.0. The summed E-state index contributed by atoms with van der Waals surface area (Å²) >= 11 is 0. The highest BCUT2D eigenvalue weighted by atomic mass is 19.4. The van der Waals surface area contributed by atoms with Gasteiger partial charge >= 0.3 is 6.18 Å². The van der Waals surface area contributed by atoms with Gasteiger partial charge in [0.25, 0.3) is 0 Å². The van der Waals surface area contributed by atoms with Crippen LogP contribution in [0.15, 0.2) is 47.5 Å². The first kappa shape index (κ1) is 16.9. The molecule has 0 atom stereocenters. The van der Waals surface area contributed by atoms with E-state index in [1.54, 1.807) is 6.07 Å². The van der Waals surface area contributed by atoms with Crippen molar-refractivity contribution < 1.29 is 13.2 Å². The molecule has 0 aromatic heterocycles. The van der Waals surface area contributed by atoms with Crippen molar-refractivity contribution in [2.24, 2.45) is 10.7 Å². The summed E-state index contributed by atoms with van der Waals surface area (Å²) in [5, 5.41) is 2.93. The first-order chi connectivity index (χ1) is 10.8. The fourth-order valence-electron chi connectivity index (χ4n) is 2.03. The lowest BCUT2D eigenvalue weighted by atomic mass is 10.1. The first-order valence-corrected chi connectivity index (χ1v) is 7.06. The van der Waals surface area contributed by atoms with E-state index in [1.165, 1.54) is 6.07 Å². The number of nitrogens with two attached hydrogens (primary N) is 1. The van der Waals surface area contributed by atoms with Crippen LogP contribution in [0.4, 0.5) is 18.9 Å². The van der Waals surface area contributed by atoms with E-state index in [0.29, 0.717) is 5.56 Å². The minimum atomic E-state index is -4.36. The highest BCUT2D eigenvalue weighted by molar-refractivity contribution is 5.92. The number of alkyl halides is 3. The van der Waals surface area contributed by atoms with Gasteiger partial charge in [0.15, 0.2) is 5.96 Å². The Kier molecular flexibility index (Phi) is 4.93. The van der Waals surface area contributed by atoms with E-state index in [1.807, 2.05) is 32.0 Å². The number of guanidine groups is 1. The van der Waals surface area contributed by atoms with Gasteiger partial charge in [-0.3, -0.25) is 0 Å². The lowest BCUT2D eigenvalue weighted by Gasteiger charge is -2.09. The molecular weight excluding hydrogens is 303 g/mol. The molecule has 2 aromatic rings. The summed E-state index contributed by atoms with van der Waals surface area (Å²) in [5.74, 6) is 0.158. The molecule has 0 unspecified atom stereocenters. The van der Waals surface area contributed by atoms with Crippen LogP contribution < -0.4 is 11.1 Å². The number of halogens is 3. The van der Waals surface area contributed by atoms with Gasteiger partial charge in [-0.05, 0) is 54.8 Å². The molecule has 6 heteroatoms. The molecular formula is C17H18F3N3. The molecule has 0 aliphatic carbocycles. The zero-order valence-corrected chi connectivity index (χ0v) is 12.9. The van der Waals surface area contributed by atoms with E-state index in [9.17, 15) is 13.2 Å². The predicted molar refractivity (Wildman–Crippen MR) is 86.3 cm³/mol. The Morgan fingerprint density at radius 3 is 2.48 bits per heavy atom. The van der Waals surface area contributed by atoms with Crippen LogP contribution in [0, 0.1) is 13.8 Å². The van der Waals surface area contributed by atoms with Crippen LogP contribution in [0.3, 0.4) is 0 Å². The summed E-state index contributed by atoms with van der Waals surface area (Å²) in [6.45, 7) is 4.06. The van der Waals surface area contributed by atoms with E-state index >= 15 is 0 Å². The van der Waals surface area contributed by atoms with Crippen LogP contribution in [0.25, 0.3) is 0 Å². The number of nitrogens with one attached hydrogen (secondary N) is 1. The number of benzene rings is 2. The van der Waals surface area contributed by atoms with Crippen LogP contribution >= 0.6 is 0 Å².